The zero-order valence-corrected chi connectivity index (χ0v) is 42.3. The van der Waals surface area contributed by atoms with Gasteiger partial charge < -0.3 is 8.83 Å². The fourth-order valence-electron chi connectivity index (χ4n) is 7.61. The monoisotopic (exact) mass is 1090 g/mol. The maximum Gasteiger partial charge on any atom is 0.416 e. The Morgan fingerprint density at radius 1 is 0.456 bits per heavy atom. The van der Waals surface area contributed by atoms with Gasteiger partial charge in [0.15, 0.2) is 0 Å². The van der Waals surface area contributed by atoms with Crippen LogP contribution in [-0.4, -0.2) is 5.43 Å². The van der Waals surface area contributed by atoms with E-state index in [4.69, 9.17) is 25.9 Å². The van der Waals surface area contributed by atoms with Gasteiger partial charge in [0, 0.05) is 0 Å². The van der Waals surface area contributed by atoms with Crippen LogP contribution in [0.25, 0.3) is 66.4 Å². The molecule has 0 saturated heterocycles. The van der Waals surface area contributed by atoms with E-state index in [1.54, 1.807) is 77.9 Å². The number of rotatable bonds is 4. The van der Waals surface area contributed by atoms with E-state index >= 15 is 0 Å². The topological polar surface area (TPSA) is 26.3 Å². The summed E-state index contributed by atoms with van der Waals surface area (Å²) in [5, 5.41) is 2.57. The number of benzene rings is 4. The van der Waals surface area contributed by atoms with Crippen LogP contribution < -0.4 is 0 Å². The quantitative estimate of drug-likeness (QED) is 0.0997. The first-order valence-electron chi connectivity index (χ1n) is 20.5. The zero-order valence-electron chi connectivity index (χ0n) is 37.3. The van der Waals surface area contributed by atoms with Crippen molar-refractivity contribution in [3.05, 3.63) is 153 Å². The molecule has 68 heavy (non-hydrogen) atoms. The van der Waals surface area contributed by atoms with Gasteiger partial charge in [-0.1, -0.05) is 33.4 Å². The van der Waals surface area contributed by atoms with Gasteiger partial charge in [0.25, 0.3) is 0 Å². The van der Waals surface area contributed by atoms with E-state index in [-0.39, 0.29) is 28.7 Å². The number of aryl methyl sites for hydroxylation is 4. The van der Waals surface area contributed by atoms with Crippen LogP contribution in [0.15, 0.2) is 106 Å². The summed E-state index contributed by atoms with van der Waals surface area (Å²) in [4.78, 5) is 0. The van der Waals surface area contributed by atoms with Crippen molar-refractivity contribution in [1.82, 2.24) is 0 Å². The Bertz CT molecular complexity index is 2910. The Morgan fingerprint density at radius 3 is 0.985 bits per heavy atom. The second kappa shape index (κ2) is 19.7. The number of fused-ring (bicyclic) bond motifs is 2. The molecule has 0 fully saturated rings. The van der Waals surface area contributed by atoms with Gasteiger partial charge in [-0.3, -0.25) is 0 Å². The van der Waals surface area contributed by atoms with E-state index in [0.717, 1.165) is 35.4 Å². The molecule has 0 unspecified atom stereocenters. The first-order chi connectivity index (χ1) is 31.3. The number of furan rings is 2. The molecule has 6 aromatic carbocycles. The van der Waals surface area contributed by atoms with E-state index in [1.165, 1.54) is 0 Å². The third-order valence-corrected chi connectivity index (χ3v) is 31.0. The SMILES string of the molecule is C[Si](C)=[Zr]([Cl])[Cl].Cc1ccc(-c2cc3c(-c4cc(C(F)(F)F)cc(C(F)(F)F)c4)c(C)c(C)cc3[cH-]2)o1.Cc1ccc(-c2cc3c(-c4cc(C(F)(F)F)cc(C(F)(F)F)c4)c(C)c(C)cc3[cH-]2)o1. The molecule has 0 atom stereocenters. The summed E-state index contributed by atoms with van der Waals surface area (Å²) in [6.45, 7) is 14.8. The van der Waals surface area contributed by atoms with Crippen LogP contribution in [0.4, 0.5) is 52.7 Å². The van der Waals surface area contributed by atoms with E-state index in [0.29, 0.717) is 78.0 Å². The summed E-state index contributed by atoms with van der Waals surface area (Å²) in [7, 11) is 11.2. The van der Waals surface area contributed by atoms with Crippen molar-refractivity contribution in [3.63, 3.8) is 0 Å². The zero-order chi connectivity index (χ0) is 50.6. The van der Waals surface area contributed by atoms with Gasteiger partial charge in [0.05, 0.1) is 45.3 Å². The average molecular weight is 1090 g/mol. The largest absolute Gasteiger partial charge is 0.496 e. The number of hydrogen-bond donors (Lipinski definition) is 0. The molecule has 360 valence electrons. The van der Waals surface area contributed by atoms with Crippen molar-refractivity contribution < 1.29 is 79.5 Å². The Kier molecular flexibility index (Phi) is 15.3. The Hall–Kier alpha value is -4.50. The number of hydrogen-bond acceptors (Lipinski definition) is 2. The molecule has 0 saturated carbocycles. The van der Waals surface area contributed by atoms with E-state index in [2.05, 4.69) is 13.1 Å². The van der Waals surface area contributed by atoms with Gasteiger partial charge in [-0.05, 0) is 124 Å². The summed E-state index contributed by atoms with van der Waals surface area (Å²) in [5.41, 5.74) is -0.931. The minimum Gasteiger partial charge on any atom is -0.496 e. The molecule has 0 spiro atoms. The smallest absolute Gasteiger partial charge is 0.416 e. The van der Waals surface area contributed by atoms with Gasteiger partial charge in [0.1, 0.15) is 0 Å². The van der Waals surface area contributed by atoms with Gasteiger partial charge in [0.2, 0.25) is 0 Å². The van der Waals surface area contributed by atoms with Crippen LogP contribution in [0.1, 0.15) is 56.0 Å². The van der Waals surface area contributed by atoms with Gasteiger partial charge in [-0.15, -0.1) is 57.9 Å². The first kappa shape index (κ1) is 52.9. The molecule has 0 aliphatic rings. The first-order valence-corrected chi connectivity index (χ1v) is 33.0. The fourth-order valence-corrected chi connectivity index (χ4v) is 7.61. The molecule has 0 aliphatic carbocycles. The molecule has 0 radical (unpaired) electrons. The van der Waals surface area contributed by atoms with Crippen molar-refractivity contribution in [2.75, 3.05) is 0 Å². The van der Waals surface area contributed by atoms with Crippen LogP contribution in [0.5, 0.6) is 0 Å². The molecule has 0 aliphatic heterocycles. The van der Waals surface area contributed by atoms with Gasteiger partial charge >= 0.3 is 78.2 Å². The summed E-state index contributed by atoms with van der Waals surface area (Å²) >= 11 is -1.65. The molecule has 0 amide bonds. The normalized spacial score (nSPS) is 12.3. The Morgan fingerprint density at radius 2 is 0.750 bits per heavy atom. The van der Waals surface area contributed by atoms with Gasteiger partial charge in [-0.25, -0.2) is 0 Å². The number of alkyl halides is 12. The third kappa shape index (κ3) is 11.9. The van der Waals surface area contributed by atoms with Crippen LogP contribution in [-0.2, 0) is 42.7 Å². The molecule has 0 bridgehead atoms. The minimum absolute atomic E-state index is 0.124. The predicted octanol–water partition coefficient (Wildman–Crippen LogP) is 19.1. The summed E-state index contributed by atoms with van der Waals surface area (Å²) in [6, 6.07) is 21.4. The van der Waals surface area contributed by atoms with Crippen molar-refractivity contribution in [2.24, 2.45) is 0 Å². The van der Waals surface area contributed by atoms with Crippen LogP contribution in [0.2, 0.25) is 13.1 Å². The second-order valence-corrected chi connectivity index (χ2v) is 39.5. The Labute approximate surface area is 398 Å². The molecular formula is C50H40Cl2F12O2SiZr-2. The number of halogens is 14. The molecule has 8 aromatic rings. The maximum atomic E-state index is 13.4. The molecule has 2 nitrogen and oxygen atoms in total. The molecule has 0 N–H and O–H groups in total. The molecule has 18 heteroatoms. The van der Waals surface area contributed by atoms with Crippen molar-refractivity contribution in [2.45, 2.75) is 79.3 Å². The summed E-state index contributed by atoms with van der Waals surface area (Å²) in [6.07, 6.45) is -19.6. The second-order valence-electron chi connectivity index (χ2n) is 16.6. The third-order valence-electron chi connectivity index (χ3n) is 11.2. The minimum atomic E-state index is -4.91. The maximum absolute atomic E-state index is 13.4. The fraction of sp³-hybridized carbons (Fsp3) is 0.240. The molecule has 2 aromatic heterocycles. The van der Waals surface area contributed by atoms with Crippen molar-refractivity contribution >= 4 is 44.0 Å². The van der Waals surface area contributed by atoms with E-state index in [9.17, 15) is 52.7 Å². The van der Waals surface area contributed by atoms with Crippen LogP contribution >= 0.6 is 17.0 Å². The van der Waals surface area contributed by atoms with Crippen LogP contribution in [0, 0.1) is 41.5 Å². The van der Waals surface area contributed by atoms with Gasteiger partial charge in [-0.2, -0.15) is 52.7 Å². The van der Waals surface area contributed by atoms with Crippen LogP contribution in [0.3, 0.4) is 0 Å². The van der Waals surface area contributed by atoms with Crippen molar-refractivity contribution in [3.8, 4) is 44.9 Å². The Balaban J connectivity index is 0.000000200. The summed E-state index contributed by atoms with van der Waals surface area (Å²) < 4.78 is 172. The average Bonchev–Trinajstić information content (AvgIpc) is 4.05. The molecule has 2 heterocycles. The predicted molar refractivity (Wildman–Crippen MR) is 243 cm³/mol. The van der Waals surface area contributed by atoms with E-state index in [1.807, 2.05) is 24.3 Å². The van der Waals surface area contributed by atoms with Crippen molar-refractivity contribution in [1.29, 1.82) is 0 Å². The van der Waals surface area contributed by atoms with E-state index < -0.39 is 64.9 Å². The standard InChI is InChI=1S/2C24H17F6O.C2H6Si.2ClH.Zr/c2*1-12-6-15-7-16(21-5-4-13(2)31-21)10-20(15)22(14(12)3)17-8-18(23(25,26)27)11-19(9-17)24(28,29)30;1-3-2;;;/h2*4-11H,1-3H3;1-2H3;2*1H;/q2*-1;;;;+2/p-2. The summed E-state index contributed by atoms with van der Waals surface area (Å²) in [5.74, 6) is 2.55. The molecular weight excluding hydrogens is 1050 g/mol. The molecule has 8 rings (SSSR count).